The molecule has 1 nitrogen and oxygen atoms in total. The van der Waals surface area contributed by atoms with Crippen molar-refractivity contribution in [2.75, 3.05) is 0 Å². The van der Waals surface area contributed by atoms with Gasteiger partial charge in [0.2, 0.25) is 0 Å². The number of hydrogen-bond acceptors (Lipinski definition) is 1. The molecule has 12 heavy (non-hydrogen) atoms. The van der Waals surface area contributed by atoms with Crippen molar-refractivity contribution < 1.29 is 5.11 Å². The largest absolute Gasteiger partial charge is 0.508 e. The average molecular weight is 160 g/mol. The number of hydrogen-bond donors (Lipinski definition) is 1. The molecular weight excluding hydrogens is 148 g/mol. The summed E-state index contributed by atoms with van der Waals surface area (Å²) in [7, 11) is 0. The molecule has 1 aromatic carbocycles. The molecular formula is C11H12O. The highest BCUT2D eigenvalue weighted by Gasteiger charge is 1.99. The maximum Gasteiger partial charge on any atom is 0.115 e. The van der Waals surface area contributed by atoms with Gasteiger partial charge in [0.25, 0.3) is 0 Å². The predicted octanol–water partition coefficient (Wildman–Crippen LogP) is 2.20. The molecule has 1 atom stereocenters. The van der Waals surface area contributed by atoms with Crippen molar-refractivity contribution in [3.05, 3.63) is 29.8 Å². The maximum atomic E-state index is 9.15. The van der Waals surface area contributed by atoms with Crippen LogP contribution in [0, 0.1) is 18.3 Å². The lowest BCUT2D eigenvalue weighted by Crippen LogP contribution is -1.95. The Morgan fingerprint density at radius 2 is 2.33 bits per heavy atom. The van der Waals surface area contributed by atoms with E-state index in [1.807, 2.05) is 19.1 Å². The predicted molar refractivity (Wildman–Crippen MR) is 49.8 cm³/mol. The number of terminal acetylenes is 1. The van der Waals surface area contributed by atoms with Crippen LogP contribution in [0.15, 0.2) is 24.3 Å². The van der Waals surface area contributed by atoms with Gasteiger partial charge in [-0.3, -0.25) is 0 Å². The Bertz CT molecular complexity index is 296. The molecule has 1 N–H and O–H groups in total. The summed E-state index contributed by atoms with van der Waals surface area (Å²) in [5, 5.41) is 9.15. The van der Waals surface area contributed by atoms with E-state index >= 15 is 0 Å². The van der Waals surface area contributed by atoms with Crippen LogP contribution in [-0.4, -0.2) is 5.11 Å². The summed E-state index contributed by atoms with van der Waals surface area (Å²) in [5.74, 6) is 3.18. The van der Waals surface area contributed by atoms with Gasteiger partial charge in [0, 0.05) is 5.92 Å². The highest BCUT2D eigenvalue weighted by atomic mass is 16.3. The first-order chi connectivity index (χ1) is 5.72. The highest BCUT2D eigenvalue weighted by molar-refractivity contribution is 5.27. The molecule has 0 saturated carbocycles. The van der Waals surface area contributed by atoms with Crippen LogP contribution in [-0.2, 0) is 6.42 Å². The Kier molecular flexibility index (Phi) is 2.76. The van der Waals surface area contributed by atoms with Crippen molar-refractivity contribution in [1.82, 2.24) is 0 Å². The lowest BCUT2D eigenvalue weighted by atomic mass is 10.0. The summed E-state index contributed by atoms with van der Waals surface area (Å²) in [6.07, 6.45) is 6.07. The van der Waals surface area contributed by atoms with E-state index in [2.05, 4.69) is 5.92 Å². The molecule has 1 unspecified atom stereocenters. The van der Waals surface area contributed by atoms with Gasteiger partial charge < -0.3 is 5.11 Å². The van der Waals surface area contributed by atoms with Crippen molar-refractivity contribution in [2.45, 2.75) is 13.3 Å². The molecule has 0 fully saturated rings. The van der Waals surface area contributed by atoms with E-state index in [9.17, 15) is 0 Å². The second-order valence-corrected chi connectivity index (χ2v) is 2.94. The second-order valence-electron chi connectivity index (χ2n) is 2.94. The fourth-order valence-electron chi connectivity index (χ4n) is 1.10. The monoisotopic (exact) mass is 160 g/mol. The normalized spacial score (nSPS) is 12.0. The van der Waals surface area contributed by atoms with Gasteiger partial charge in [0.15, 0.2) is 0 Å². The van der Waals surface area contributed by atoms with Gasteiger partial charge in [-0.1, -0.05) is 19.1 Å². The van der Waals surface area contributed by atoms with E-state index in [-0.39, 0.29) is 5.92 Å². The molecule has 0 aromatic heterocycles. The van der Waals surface area contributed by atoms with Crippen LogP contribution in [0.4, 0.5) is 0 Å². The van der Waals surface area contributed by atoms with Crippen molar-refractivity contribution in [3.8, 4) is 18.1 Å². The summed E-state index contributed by atoms with van der Waals surface area (Å²) in [5.41, 5.74) is 1.08. The topological polar surface area (TPSA) is 20.2 Å². The van der Waals surface area contributed by atoms with Crippen LogP contribution in [0.5, 0.6) is 5.75 Å². The minimum absolute atomic E-state index is 0.229. The average Bonchev–Trinajstić information content (AvgIpc) is 2.04. The molecule has 0 bridgehead atoms. The van der Waals surface area contributed by atoms with Gasteiger partial charge in [-0.25, -0.2) is 0 Å². The molecule has 62 valence electrons. The minimum atomic E-state index is 0.229. The van der Waals surface area contributed by atoms with Crippen molar-refractivity contribution >= 4 is 0 Å². The Labute approximate surface area is 73.0 Å². The van der Waals surface area contributed by atoms with Crippen LogP contribution in [0.2, 0.25) is 0 Å². The molecule has 0 aliphatic carbocycles. The van der Waals surface area contributed by atoms with E-state index in [0.29, 0.717) is 5.75 Å². The second kappa shape index (κ2) is 3.82. The quantitative estimate of drug-likeness (QED) is 0.657. The first-order valence-corrected chi connectivity index (χ1v) is 3.96. The van der Waals surface area contributed by atoms with Crippen LogP contribution < -0.4 is 0 Å². The number of benzene rings is 1. The number of aromatic hydroxyl groups is 1. The smallest absolute Gasteiger partial charge is 0.115 e. The zero-order chi connectivity index (χ0) is 8.97. The summed E-state index contributed by atoms with van der Waals surface area (Å²) >= 11 is 0. The number of phenols is 1. The Morgan fingerprint density at radius 1 is 1.58 bits per heavy atom. The Hall–Kier alpha value is -1.42. The molecule has 0 aliphatic heterocycles. The summed E-state index contributed by atoms with van der Waals surface area (Å²) < 4.78 is 0. The molecule has 0 aliphatic rings. The van der Waals surface area contributed by atoms with Gasteiger partial charge in [-0.15, -0.1) is 12.3 Å². The Balaban J connectivity index is 2.71. The van der Waals surface area contributed by atoms with Crippen molar-refractivity contribution in [3.63, 3.8) is 0 Å². The van der Waals surface area contributed by atoms with E-state index in [4.69, 9.17) is 11.5 Å². The number of phenolic OH excluding ortho intramolecular Hbond substituents is 1. The zero-order valence-electron chi connectivity index (χ0n) is 7.12. The van der Waals surface area contributed by atoms with Crippen molar-refractivity contribution in [2.24, 2.45) is 5.92 Å². The van der Waals surface area contributed by atoms with Gasteiger partial charge in [0.1, 0.15) is 5.75 Å². The van der Waals surface area contributed by atoms with Crippen molar-refractivity contribution in [1.29, 1.82) is 0 Å². The molecule has 0 saturated heterocycles. The summed E-state index contributed by atoms with van der Waals surface area (Å²) in [4.78, 5) is 0. The van der Waals surface area contributed by atoms with Crippen LogP contribution in [0.3, 0.4) is 0 Å². The summed E-state index contributed by atoms with van der Waals surface area (Å²) in [6.45, 7) is 1.99. The van der Waals surface area contributed by atoms with Crippen LogP contribution >= 0.6 is 0 Å². The lowest BCUT2D eigenvalue weighted by Gasteiger charge is -2.03. The maximum absolute atomic E-state index is 9.15. The zero-order valence-corrected chi connectivity index (χ0v) is 7.12. The minimum Gasteiger partial charge on any atom is -0.508 e. The molecule has 1 aromatic rings. The van der Waals surface area contributed by atoms with E-state index in [1.165, 1.54) is 0 Å². The number of rotatable bonds is 2. The third-order valence-corrected chi connectivity index (χ3v) is 1.74. The van der Waals surface area contributed by atoms with Crippen LogP contribution in [0.1, 0.15) is 12.5 Å². The van der Waals surface area contributed by atoms with E-state index in [0.717, 1.165) is 12.0 Å². The Morgan fingerprint density at radius 3 is 2.92 bits per heavy atom. The molecule has 0 amide bonds. The summed E-state index contributed by atoms with van der Waals surface area (Å²) in [6, 6.07) is 7.19. The fourth-order valence-corrected chi connectivity index (χ4v) is 1.10. The molecule has 0 radical (unpaired) electrons. The first kappa shape index (κ1) is 8.67. The van der Waals surface area contributed by atoms with E-state index in [1.54, 1.807) is 12.1 Å². The SMILES string of the molecule is C#CC(C)Cc1cccc(O)c1. The molecule has 1 rings (SSSR count). The van der Waals surface area contributed by atoms with Gasteiger partial charge in [0.05, 0.1) is 0 Å². The van der Waals surface area contributed by atoms with Gasteiger partial charge in [-0.2, -0.15) is 0 Å². The standard InChI is InChI=1S/C11H12O/c1-3-9(2)7-10-5-4-6-11(12)8-10/h1,4-6,8-9,12H,7H2,2H3. The molecule has 1 heteroatoms. The molecule has 0 heterocycles. The lowest BCUT2D eigenvalue weighted by molar-refractivity contribution is 0.474. The fraction of sp³-hybridized carbons (Fsp3) is 0.273. The highest BCUT2D eigenvalue weighted by Crippen LogP contribution is 2.14. The van der Waals surface area contributed by atoms with Crippen LogP contribution in [0.25, 0.3) is 0 Å². The van der Waals surface area contributed by atoms with E-state index < -0.39 is 0 Å². The third-order valence-electron chi connectivity index (χ3n) is 1.74. The first-order valence-electron chi connectivity index (χ1n) is 3.96. The van der Waals surface area contributed by atoms with Gasteiger partial charge >= 0.3 is 0 Å². The third kappa shape index (κ3) is 2.32. The molecule has 0 spiro atoms. The van der Waals surface area contributed by atoms with Gasteiger partial charge in [-0.05, 0) is 24.1 Å².